The van der Waals surface area contributed by atoms with Crippen LogP contribution in [0.1, 0.15) is 43.4 Å². The highest BCUT2D eigenvalue weighted by atomic mass is 32.2. The lowest BCUT2D eigenvalue weighted by Gasteiger charge is -2.30. The maximum Gasteiger partial charge on any atom is 0.244 e. The molecule has 154 valence electrons. The van der Waals surface area contributed by atoms with Gasteiger partial charge in [0.2, 0.25) is 10.0 Å². The number of thioether (sulfide) groups is 1. The molecule has 1 aliphatic rings. The zero-order chi connectivity index (χ0) is 20.4. The molecule has 0 saturated heterocycles. The highest BCUT2D eigenvalue weighted by molar-refractivity contribution is 7.98. The zero-order valence-corrected chi connectivity index (χ0v) is 18.4. The Hall–Kier alpha value is -1.90. The molecule has 0 aromatic carbocycles. The summed E-state index contributed by atoms with van der Waals surface area (Å²) in [6.45, 7) is 2.05. The fraction of sp³-hybridized carbons (Fsp3) is 0.429. The summed E-state index contributed by atoms with van der Waals surface area (Å²) in [6, 6.07) is 7.60. The van der Waals surface area contributed by atoms with Gasteiger partial charge in [0.15, 0.2) is 0 Å². The van der Waals surface area contributed by atoms with Gasteiger partial charge in [0.05, 0.1) is 10.7 Å². The largest absolute Gasteiger partial charge is 0.307 e. The number of pyridine rings is 2. The molecule has 0 unspecified atom stereocenters. The van der Waals surface area contributed by atoms with Crippen molar-refractivity contribution in [2.45, 2.75) is 60.7 Å². The molecule has 3 aromatic rings. The molecule has 1 aliphatic carbocycles. The predicted molar refractivity (Wildman–Crippen MR) is 116 cm³/mol. The maximum atomic E-state index is 12.9. The second-order valence-corrected chi connectivity index (χ2v) is 10.6. The van der Waals surface area contributed by atoms with Gasteiger partial charge in [0.25, 0.3) is 0 Å². The lowest BCUT2D eigenvalue weighted by molar-refractivity contribution is 0.285. The average Bonchev–Trinajstić information content (AvgIpc) is 3.17. The Kier molecular flexibility index (Phi) is 5.94. The number of aryl methyl sites for hydroxylation is 1. The van der Waals surface area contributed by atoms with E-state index in [1.54, 1.807) is 30.9 Å². The Morgan fingerprint density at radius 3 is 2.69 bits per heavy atom. The highest BCUT2D eigenvalue weighted by Gasteiger charge is 2.29. The van der Waals surface area contributed by atoms with Gasteiger partial charge in [-0.25, -0.2) is 18.4 Å². The highest BCUT2D eigenvalue weighted by Crippen LogP contribution is 2.27. The summed E-state index contributed by atoms with van der Waals surface area (Å²) in [5.74, 6) is 0.683. The quantitative estimate of drug-likeness (QED) is 0.546. The number of imidazole rings is 1. The molecule has 1 saturated carbocycles. The number of nitrogens with zero attached hydrogens (tertiary/aromatic N) is 4. The Balaban J connectivity index is 1.43. The van der Waals surface area contributed by atoms with Crippen molar-refractivity contribution < 1.29 is 8.42 Å². The molecule has 0 atom stereocenters. The van der Waals surface area contributed by atoms with Crippen LogP contribution in [0.15, 0.2) is 52.8 Å². The van der Waals surface area contributed by atoms with Gasteiger partial charge in [-0.1, -0.05) is 37.1 Å². The molecule has 0 radical (unpaired) electrons. The molecule has 3 heterocycles. The van der Waals surface area contributed by atoms with Gasteiger partial charge in [-0.2, -0.15) is 4.31 Å². The second kappa shape index (κ2) is 8.45. The minimum Gasteiger partial charge on any atom is -0.307 e. The molecule has 0 aliphatic heterocycles. The van der Waals surface area contributed by atoms with E-state index in [9.17, 15) is 8.42 Å². The fourth-order valence-corrected chi connectivity index (χ4v) is 5.92. The second-order valence-electron chi connectivity index (χ2n) is 7.59. The standard InChI is InChI=1S/C21H26N4O2S2/c1-16-7-6-12-25-14-17(23-21(16)25)15-28-20-11-10-19(13-22-20)29(26,27)24(2)18-8-4-3-5-9-18/h6-7,10-14,18H,3-5,8-9,15H2,1-2H3. The summed E-state index contributed by atoms with van der Waals surface area (Å²) in [6.07, 6.45) is 10.8. The Morgan fingerprint density at radius 2 is 2.00 bits per heavy atom. The molecule has 0 bridgehead atoms. The van der Waals surface area contributed by atoms with Crippen molar-refractivity contribution in [3.63, 3.8) is 0 Å². The monoisotopic (exact) mass is 430 g/mol. The van der Waals surface area contributed by atoms with Crippen LogP contribution >= 0.6 is 11.8 Å². The normalized spacial score (nSPS) is 16.0. The number of hydrogen-bond acceptors (Lipinski definition) is 5. The van der Waals surface area contributed by atoms with E-state index in [0.717, 1.165) is 47.6 Å². The van der Waals surface area contributed by atoms with Crippen molar-refractivity contribution in [3.8, 4) is 0 Å². The van der Waals surface area contributed by atoms with E-state index in [-0.39, 0.29) is 10.9 Å². The molecule has 0 amide bonds. The maximum absolute atomic E-state index is 12.9. The molecular formula is C21H26N4O2S2. The number of hydrogen-bond donors (Lipinski definition) is 0. The van der Waals surface area contributed by atoms with E-state index in [0.29, 0.717) is 5.75 Å². The molecule has 3 aromatic heterocycles. The van der Waals surface area contributed by atoms with Crippen LogP contribution in [-0.4, -0.2) is 40.2 Å². The van der Waals surface area contributed by atoms with Gasteiger partial charge in [0, 0.05) is 37.4 Å². The first kappa shape index (κ1) is 20.4. The molecule has 0 spiro atoms. The van der Waals surface area contributed by atoms with Crippen molar-refractivity contribution >= 4 is 27.4 Å². The van der Waals surface area contributed by atoms with Gasteiger partial charge >= 0.3 is 0 Å². The van der Waals surface area contributed by atoms with E-state index >= 15 is 0 Å². The van der Waals surface area contributed by atoms with Gasteiger partial charge in [0.1, 0.15) is 10.5 Å². The first-order valence-electron chi connectivity index (χ1n) is 9.95. The van der Waals surface area contributed by atoms with Crippen molar-refractivity contribution in [2.24, 2.45) is 0 Å². The molecular weight excluding hydrogens is 404 g/mol. The van der Waals surface area contributed by atoms with Gasteiger partial charge < -0.3 is 4.40 Å². The van der Waals surface area contributed by atoms with E-state index in [1.165, 1.54) is 16.9 Å². The van der Waals surface area contributed by atoms with Crippen molar-refractivity contribution in [2.75, 3.05) is 7.05 Å². The van der Waals surface area contributed by atoms with Crippen LogP contribution in [0.2, 0.25) is 0 Å². The number of sulfonamides is 1. The first-order chi connectivity index (χ1) is 13.9. The summed E-state index contributed by atoms with van der Waals surface area (Å²) < 4.78 is 29.4. The minimum atomic E-state index is -3.50. The lowest BCUT2D eigenvalue weighted by atomic mass is 9.96. The third-order valence-corrected chi connectivity index (χ3v) is 8.44. The van der Waals surface area contributed by atoms with Gasteiger partial charge in [-0.05, 0) is 43.5 Å². The van der Waals surface area contributed by atoms with Crippen molar-refractivity contribution in [3.05, 3.63) is 54.1 Å². The van der Waals surface area contributed by atoms with E-state index in [1.807, 2.05) is 35.9 Å². The predicted octanol–water partition coefficient (Wildman–Crippen LogP) is 4.28. The van der Waals surface area contributed by atoms with E-state index in [4.69, 9.17) is 0 Å². The Labute approximate surface area is 176 Å². The third-order valence-electron chi connectivity index (χ3n) is 5.57. The smallest absolute Gasteiger partial charge is 0.244 e. The summed E-state index contributed by atoms with van der Waals surface area (Å²) in [7, 11) is -1.80. The molecule has 0 N–H and O–H groups in total. The van der Waals surface area contributed by atoms with Gasteiger partial charge in [-0.3, -0.25) is 0 Å². The third kappa shape index (κ3) is 4.34. The Morgan fingerprint density at radius 1 is 1.21 bits per heavy atom. The van der Waals surface area contributed by atoms with Crippen LogP contribution in [-0.2, 0) is 15.8 Å². The lowest BCUT2D eigenvalue weighted by Crippen LogP contribution is -2.38. The van der Waals surface area contributed by atoms with Crippen LogP contribution < -0.4 is 0 Å². The summed E-state index contributed by atoms with van der Waals surface area (Å²) >= 11 is 1.56. The van der Waals surface area contributed by atoms with E-state index in [2.05, 4.69) is 9.97 Å². The molecule has 29 heavy (non-hydrogen) atoms. The van der Waals surface area contributed by atoms with Crippen LogP contribution in [0.3, 0.4) is 0 Å². The van der Waals surface area contributed by atoms with Gasteiger partial charge in [-0.15, -0.1) is 0 Å². The number of rotatable bonds is 6. The summed E-state index contributed by atoms with van der Waals surface area (Å²) in [5, 5.41) is 0.790. The fourth-order valence-electron chi connectivity index (χ4n) is 3.83. The minimum absolute atomic E-state index is 0.0984. The van der Waals surface area contributed by atoms with Crippen LogP contribution in [0.4, 0.5) is 0 Å². The van der Waals surface area contributed by atoms with Crippen LogP contribution in [0, 0.1) is 6.92 Å². The zero-order valence-electron chi connectivity index (χ0n) is 16.8. The van der Waals surface area contributed by atoms with Crippen molar-refractivity contribution in [1.29, 1.82) is 0 Å². The average molecular weight is 431 g/mol. The first-order valence-corrected chi connectivity index (χ1v) is 12.4. The van der Waals surface area contributed by atoms with Crippen molar-refractivity contribution in [1.82, 2.24) is 18.7 Å². The van der Waals surface area contributed by atoms with E-state index < -0.39 is 10.0 Å². The SMILES string of the molecule is Cc1cccn2cc(CSc3ccc(S(=O)(=O)N(C)C4CCCCC4)cn3)nc12. The van der Waals surface area contributed by atoms with Crippen LogP contribution in [0.25, 0.3) is 5.65 Å². The Bertz CT molecular complexity index is 1090. The molecule has 8 heteroatoms. The summed E-state index contributed by atoms with van der Waals surface area (Å²) in [5.41, 5.74) is 3.07. The summed E-state index contributed by atoms with van der Waals surface area (Å²) in [4.78, 5) is 9.31. The number of aromatic nitrogens is 3. The topological polar surface area (TPSA) is 67.6 Å². The molecule has 4 rings (SSSR count). The number of fused-ring (bicyclic) bond motifs is 1. The van der Waals surface area contributed by atoms with Crippen LogP contribution in [0.5, 0.6) is 0 Å². The molecule has 1 fully saturated rings. The molecule has 6 nitrogen and oxygen atoms in total.